The Morgan fingerprint density at radius 2 is 0.735 bits per heavy atom. The molecule has 3 atom stereocenters. The van der Waals surface area contributed by atoms with E-state index >= 15 is 0 Å². The molecule has 10 heteroatoms. The Balaban J connectivity index is 5.06. The Labute approximate surface area is 514 Å². The van der Waals surface area contributed by atoms with E-state index in [4.69, 9.17) is 13.8 Å². The average Bonchev–Trinajstić information content (AvgIpc) is 3.51. The zero-order chi connectivity index (χ0) is 60.7. The second kappa shape index (κ2) is 62.2. The van der Waals surface area contributed by atoms with E-state index in [9.17, 15) is 19.0 Å². The van der Waals surface area contributed by atoms with Crippen LogP contribution in [0.25, 0.3) is 0 Å². The lowest BCUT2D eigenvalue weighted by molar-refractivity contribution is -0.870. The highest BCUT2D eigenvalue weighted by Gasteiger charge is 2.30. The second-order valence-electron chi connectivity index (χ2n) is 24.7. The number of phosphoric ester groups is 1. The van der Waals surface area contributed by atoms with Gasteiger partial charge in [-0.25, -0.2) is 4.57 Å². The smallest absolute Gasteiger partial charge is 0.456 e. The Morgan fingerprint density at radius 3 is 1.12 bits per heavy atom. The lowest BCUT2D eigenvalue weighted by atomic mass is 10.0. The second-order valence-corrected chi connectivity index (χ2v) is 26.1. The molecule has 0 aromatic carbocycles. The van der Waals surface area contributed by atoms with Gasteiger partial charge in [-0.05, 0) is 109 Å². The fraction of sp³-hybridized carbons (Fsp3) is 0.781. The predicted molar refractivity (Wildman–Crippen MR) is 360 cm³/mol. The standard InChI is InChI=1S/C73H133N2O7P/c1-7-10-13-16-19-22-25-27-29-31-33-35-36-37-38-40-41-43-45-47-50-53-56-59-62-65-72(76)74-70(69-81-83(78,79)80-68-67-75(4,5)6)71(64-61-58-55-52-49-24-21-18-15-12-9-3)82-73(77)66-63-60-57-54-51-48-46-44-42-39-34-32-30-28-26-23-20-17-14-11-8-2/h19-20,22-23,27-30,33-35,39,61,64,70-71H,7-18,21,24-26,31-32,36-38,40-60,62-63,65-69H2,1-6H3,(H-,74,76,78,79)/p+1/b22-19-,23-20-,29-27-,30-28-,35-33-,39-34-,64-61-. The quantitative estimate of drug-likeness (QED) is 0.0205. The largest absolute Gasteiger partial charge is 0.472 e. The van der Waals surface area contributed by atoms with Gasteiger partial charge in [0, 0.05) is 12.8 Å². The maximum atomic E-state index is 13.6. The van der Waals surface area contributed by atoms with Gasteiger partial charge in [0.05, 0.1) is 33.8 Å². The molecule has 0 aliphatic carbocycles. The van der Waals surface area contributed by atoms with Gasteiger partial charge in [0.1, 0.15) is 19.3 Å². The molecular weight excluding hydrogens is 1050 g/mol. The van der Waals surface area contributed by atoms with Crippen molar-refractivity contribution in [3.63, 3.8) is 0 Å². The highest BCUT2D eigenvalue weighted by molar-refractivity contribution is 7.47. The third-order valence-electron chi connectivity index (χ3n) is 15.3. The van der Waals surface area contributed by atoms with Crippen LogP contribution in [0.3, 0.4) is 0 Å². The molecule has 1 amide bonds. The zero-order valence-corrected chi connectivity index (χ0v) is 56.1. The van der Waals surface area contributed by atoms with Crippen LogP contribution in [0.1, 0.15) is 316 Å². The van der Waals surface area contributed by atoms with E-state index < -0.39 is 20.0 Å². The molecule has 0 aromatic heterocycles. The minimum absolute atomic E-state index is 0.0361. The first-order chi connectivity index (χ1) is 40.4. The summed E-state index contributed by atoms with van der Waals surface area (Å²) in [5.74, 6) is -0.511. The van der Waals surface area contributed by atoms with Crippen molar-refractivity contribution in [2.75, 3.05) is 40.9 Å². The monoisotopic (exact) mass is 1180 g/mol. The molecule has 0 aliphatic rings. The first-order valence-corrected chi connectivity index (χ1v) is 36.4. The van der Waals surface area contributed by atoms with Crippen LogP contribution in [0.2, 0.25) is 0 Å². The van der Waals surface area contributed by atoms with E-state index in [0.717, 1.165) is 96.3 Å². The molecular formula is C73H134N2O7P+. The number of amides is 1. The van der Waals surface area contributed by atoms with Gasteiger partial charge >= 0.3 is 13.8 Å². The molecule has 2 N–H and O–H groups in total. The lowest BCUT2D eigenvalue weighted by Crippen LogP contribution is -2.47. The Morgan fingerprint density at radius 1 is 0.422 bits per heavy atom. The van der Waals surface area contributed by atoms with Crippen molar-refractivity contribution < 1.29 is 37.3 Å². The van der Waals surface area contributed by atoms with Crippen molar-refractivity contribution in [1.82, 2.24) is 5.32 Å². The first-order valence-electron chi connectivity index (χ1n) is 34.9. The van der Waals surface area contributed by atoms with Crippen LogP contribution in [-0.4, -0.2) is 74.3 Å². The number of allylic oxidation sites excluding steroid dienone is 13. The van der Waals surface area contributed by atoms with Crippen molar-refractivity contribution in [3.8, 4) is 0 Å². The summed E-state index contributed by atoms with van der Waals surface area (Å²) in [6.07, 6.45) is 83.0. The fourth-order valence-corrected chi connectivity index (χ4v) is 10.6. The Kier molecular flexibility index (Phi) is 60.1. The van der Waals surface area contributed by atoms with E-state index in [1.807, 2.05) is 33.3 Å². The van der Waals surface area contributed by atoms with Crippen LogP contribution < -0.4 is 5.32 Å². The number of hydrogen-bond donors (Lipinski definition) is 2. The summed E-state index contributed by atoms with van der Waals surface area (Å²) < 4.78 is 30.8. The highest BCUT2D eigenvalue weighted by Crippen LogP contribution is 2.43. The van der Waals surface area contributed by atoms with E-state index in [2.05, 4.69) is 99.0 Å². The molecule has 83 heavy (non-hydrogen) atoms. The molecule has 0 saturated heterocycles. The topological polar surface area (TPSA) is 111 Å². The molecule has 0 spiro atoms. The molecule has 9 nitrogen and oxygen atoms in total. The average molecular weight is 1180 g/mol. The summed E-state index contributed by atoms with van der Waals surface area (Å²) >= 11 is 0. The van der Waals surface area contributed by atoms with Crippen LogP contribution in [0.4, 0.5) is 0 Å². The molecule has 0 saturated carbocycles. The maximum absolute atomic E-state index is 13.6. The van der Waals surface area contributed by atoms with Crippen LogP contribution in [0.15, 0.2) is 85.1 Å². The number of nitrogens with zero attached hydrogens (tertiary/aromatic N) is 1. The van der Waals surface area contributed by atoms with Crippen molar-refractivity contribution in [1.29, 1.82) is 0 Å². The normalized spacial score (nSPS) is 14.1. The van der Waals surface area contributed by atoms with Gasteiger partial charge in [-0.1, -0.05) is 280 Å². The lowest BCUT2D eigenvalue weighted by Gasteiger charge is -2.27. The van der Waals surface area contributed by atoms with Gasteiger partial charge in [0.2, 0.25) is 5.91 Å². The third-order valence-corrected chi connectivity index (χ3v) is 16.3. The van der Waals surface area contributed by atoms with Crippen LogP contribution in [-0.2, 0) is 27.9 Å². The summed E-state index contributed by atoms with van der Waals surface area (Å²) in [5.41, 5.74) is 0. The molecule has 0 radical (unpaired) electrons. The number of unbranched alkanes of at least 4 members (excludes halogenated alkanes) is 35. The highest BCUT2D eigenvalue weighted by atomic mass is 31.2. The molecule has 0 aliphatic heterocycles. The maximum Gasteiger partial charge on any atom is 0.472 e. The molecule has 0 heterocycles. The van der Waals surface area contributed by atoms with Gasteiger partial charge in [0.25, 0.3) is 0 Å². The number of ether oxygens (including phenoxy) is 1. The molecule has 0 bridgehead atoms. The van der Waals surface area contributed by atoms with E-state index in [0.29, 0.717) is 17.4 Å². The molecule has 482 valence electrons. The predicted octanol–water partition coefficient (Wildman–Crippen LogP) is 22.1. The Bertz CT molecular complexity index is 1700. The van der Waals surface area contributed by atoms with E-state index in [1.165, 1.54) is 186 Å². The van der Waals surface area contributed by atoms with Gasteiger partial charge in [-0.2, -0.15) is 0 Å². The minimum Gasteiger partial charge on any atom is -0.456 e. The summed E-state index contributed by atoms with van der Waals surface area (Å²) in [5, 5.41) is 3.07. The number of phosphoric acid groups is 1. The third kappa shape index (κ3) is 63.5. The van der Waals surface area contributed by atoms with Gasteiger partial charge in [-0.15, -0.1) is 0 Å². The Hall–Kier alpha value is -2.81. The zero-order valence-electron chi connectivity index (χ0n) is 55.2. The number of carbonyl (C=O) groups is 2. The molecule has 0 aromatic rings. The number of carbonyl (C=O) groups excluding carboxylic acids is 2. The van der Waals surface area contributed by atoms with Gasteiger partial charge < -0.3 is 19.4 Å². The summed E-state index contributed by atoms with van der Waals surface area (Å²) in [7, 11) is 1.49. The van der Waals surface area contributed by atoms with Crippen molar-refractivity contribution >= 4 is 19.7 Å². The van der Waals surface area contributed by atoms with Crippen molar-refractivity contribution in [2.45, 2.75) is 328 Å². The number of likely N-dealkylation sites (N-methyl/N-ethyl adjacent to an activating group) is 1. The SMILES string of the molecule is CCCCC/C=C\C/C=C\C/C=C\CCCCCCCCCCCCCCC(=O)NC(COP(=O)(O)OCC[N+](C)(C)C)C(/C=C\CCCCCCCCCCC)OC(=O)CCCCCCCCCC/C=C\C/C=C\C/C=C\CCCCC. The number of rotatable bonds is 63. The minimum atomic E-state index is -4.46. The number of esters is 1. The van der Waals surface area contributed by atoms with Crippen LogP contribution in [0, 0.1) is 0 Å². The molecule has 0 rings (SSSR count). The summed E-state index contributed by atoms with van der Waals surface area (Å²) in [6.45, 7) is 6.97. The summed E-state index contributed by atoms with van der Waals surface area (Å²) in [6, 6.07) is -0.857. The van der Waals surface area contributed by atoms with E-state index in [1.54, 1.807) is 0 Å². The fourth-order valence-electron chi connectivity index (χ4n) is 9.90. The number of quaternary nitrogens is 1. The van der Waals surface area contributed by atoms with Gasteiger partial charge in [0.15, 0.2) is 0 Å². The van der Waals surface area contributed by atoms with Gasteiger partial charge in [-0.3, -0.25) is 18.6 Å². The number of hydrogen-bond acceptors (Lipinski definition) is 6. The van der Waals surface area contributed by atoms with Crippen LogP contribution >= 0.6 is 7.82 Å². The van der Waals surface area contributed by atoms with Crippen molar-refractivity contribution in [2.24, 2.45) is 0 Å². The molecule has 3 unspecified atom stereocenters. The van der Waals surface area contributed by atoms with Crippen LogP contribution in [0.5, 0.6) is 0 Å². The summed E-state index contributed by atoms with van der Waals surface area (Å²) in [4.78, 5) is 37.9. The molecule has 0 fully saturated rings. The van der Waals surface area contributed by atoms with E-state index in [-0.39, 0.29) is 31.5 Å². The van der Waals surface area contributed by atoms with Crippen molar-refractivity contribution in [3.05, 3.63) is 85.1 Å². The first kappa shape index (κ1) is 80.2. The number of nitrogens with one attached hydrogen (secondary N) is 1.